The van der Waals surface area contributed by atoms with Crippen LogP contribution in [0.5, 0.6) is 0 Å². The van der Waals surface area contributed by atoms with Crippen molar-refractivity contribution in [3.8, 4) is 0 Å². The molecule has 122 valence electrons. The van der Waals surface area contributed by atoms with Crippen molar-refractivity contribution in [3.05, 3.63) is 35.9 Å². The molecule has 4 heteroatoms. The summed E-state index contributed by atoms with van der Waals surface area (Å²) in [6, 6.07) is 10.8. The first-order valence-corrected chi connectivity index (χ1v) is 8.38. The van der Waals surface area contributed by atoms with Crippen LogP contribution in [0.3, 0.4) is 0 Å². The van der Waals surface area contributed by atoms with Crippen LogP contribution in [0.2, 0.25) is 0 Å². The Hall–Kier alpha value is -1.55. The molecule has 1 aromatic carbocycles. The molecule has 0 bridgehead atoms. The molecule has 1 aliphatic rings. The first-order chi connectivity index (χ1) is 10.8. The lowest BCUT2D eigenvalue weighted by Gasteiger charge is -2.19. The van der Waals surface area contributed by atoms with Crippen LogP contribution in [0, 0.1) is 0 Å². The number of nitrogens with one attached hydrogen (secondary N) is 2. The van der Waals surface area contributed by atoms with Gasteiger partial charge in [0.25, 0.3) is 0 Å². The number of hydrogen-bond acceptors (Lipinski definition) is 2. The Morgan fingerprint density at radius 1 is 1.18 bits per heavy atom. The molecule has 1 fully saturated rings. The molecule has 2 N–H and O–H groups in total. The smallest absolute Gasteiger partial charge is 0.191 e. The second-order valence-electron chi connectivity index (χ2n) is 5.96. The summed E-state index contributed by atoms with van der Waals surface area (Å²) in [6.07, 6.45) is 4.81. The molecule has 0 atom stereocenters. The van der Waals surface area contributed by atoms with Gasteiger partial charge in [-0.3, -0.25) is 4.99 Å². The third-order valence-electron chi connectivity index (χ3n) is 4.24. The molecule has 0 amide bonds. The first-order valence-electron chi connectivity index (χ1n) is 8.38. The summed E-state index contributed by atoms with van der Waals surface area (Å²) < 4.78 is 5.55. The summed E-state index contributed by atoms with van der Waals surface area (Å²) in [5.41, 5.74) is 1.73. The minimum atomic E-state index is 0.302. The van der Waals surface area contributed by atoms with E-state index in [0.717, 1.165) is 38.7 Å². The summed E-state index contributed by atoms with van der Waals surface area (Å²) in [5, 5.41) is 6.77. The molecule has 0 aromatic heterocycles. The predicted molar refractivity (Wildman–Crippen MR) is 92.4 cm³/mol. The van der Waals surface area contributed by atoms with Gasteiger partial charge in [-0.2, -0.15) is 0 Å². The predicted octanol–water partition coefficient (Wildman–Crippen LogP) is 2.70. The van der Waals surface area contributed by atoms with Crippen molar-refractivity contribution in [2.24, 2.45) is 4.99 Å². The Labute approximate surface area is 134 Å². The van der Waals surface area contributed by atoms with Crippen molar-refractivity contribution < 1.29 is 4.74 Å². The molecule has 4 nitrogen and oxygen atoms in total. The maximum Gasteiger partial charge on any atom is 0.191 e. The molecule has 0 heterocycles. The van der Waals surface area contributed by atoms with Gasteiger partial charge in [-0.25, -0.2) is 0 Å². The molecular weight excluding hydrogens is 274 g/mol. The molecule has 1 aliphatic carbocycles. The van der Waals surface area contributed by atoms with Crippen molar-refractivity contribution in [3.63, 3.8) is 0 Å². The van der Waals surface area contributed by atoms with Crippen molar-refractivity contribution in [2.45, 2.75) is 38.0 Å². The van der Waals surface area contributed by atoms with Crippen LogP contribution < -0.4 is 10.6 Å². The molecule has 2 rings (SSSR count). The largest absolute Gasteiger partial charge is 0.380 e. The van der Waals surface area contributed by atoms with E-state index >= 15 is 0 Å². The fourth-order valence-electron chi connectivity index (χ4n) is 2.57. The first kappa shape index (κ1) is 16.8. The van der Waals surface area contributed by atoms with E-state index in [1.165, 1.54) is 24.8 Å². The molecule has 1 saturated carbocycles. The number of unbranched alkanes of at least 4 members (excludes halogenated alkanes) is 1. The zero-order valence-corrected chi connectivity index (χ0v) is 13.9. The standard InChI is InChI=1S/C18H29N3O/c1-3-4-13-22-14-12-20-17(19-2)21-15-18(10-11-18)16-8-6-5-7-9-16/h5-9H,3-4,10-15H2,1-2H3,(H2,19,20,21). The number of hydrogen-bond donors (Lipinski definition) is 2. The summed E-state index contributed by atoms with van der Waals surface area (Å²) in [4.78, 5) is 4.29. The van der Waals surface area contributed by atoms with E-state index in [4.69, 9.17) is 4.74 Å². The van der Waals surface area contributed by atoms with Crippen LogP contribution in [0.4, 0.5) is 0 Å². The monoisotopic (exact) mass is 303 g/mol. The Balaban J connectivity index is 1.69. The second kappa shape index (κ2) is 8.79. The number of aliphatic imine (C=N–C) groups is 1. The van der Waals surface area contributed by atoms with E-state index in [9.17, 15) is 0 Å². The SMILES string of the molecule is CCCCOCCNC(=NC)NCC1(c2ccccc2)CC1. The van der Waals surface area contributed by atoms with Gasteiger partial charge in [0.2, 0.25) is 0 Å². The molecule has 0 radical (unpaired) electrons. The highest BCUT2D eigenvalue weighted by molar-refractivity contribution is 5.79. The lowest BCUT2D eigenvalue weighted by Crippen LogP contribution is -2.42. The molecule has 0 unspecified atom stereocenters. The summed E-state index contributed by atoms with van der Waals surface area (Å²) in [5.74, 6) is 0.862. The van der Waals surface area contributed by atoms with Gasteiger partial charge in [0, 0.05) is 32.2 Å². The Morgan fingerprint density at radius 3 is 2.59 bits per heavy atom. The highest BCUT2D eigenvalue weighted by atomic mass is 16.5. The van der Waals surface area contributed by atoms with Crippen LogP contribution in [-0.2, 0) is 10.2 Å². The van der Waals surface area contributed by atoms with E-state index < -0.39 is 0 Å². The lowest BCUT2D eigenvalue weighted by molar-refractivity contribution is 0.136. The van der Waals surface area contributed by atoms with Gasteiger partial charge in [-0.05, 0) is 24.8 Å². The maximum absolute atomic E-state index is 5.55. The number of guanidine groups is 1. The molecule has 0 saturated heterocycles. The number of rotatable bonds is 9. The summed E-state index contributed by atoms with van der Waals surface area (Å²) in [7, 11) is 1.81. The second-order valence-corrected chi connectivity index (χ2v) is 5.96. The number of benzene rings is 1. The number of ether oxygens (including phenoxy) is 1. The highest BCUT2D eigenvalue weighted by Crippen LogP contribution is 2.47. The zero-order valence-electron chi connectivity index (χ0n) is 13.9. The van der Waals surface area contributed by atoms with E-state index in [-0.39, 0.29) is 0 Å². The third-order valence-corrected chi connectivity index (χ3v) is 4.24. The topological polar surface area (TPSA) is 45.6 Å². The number of nitrogens with zero attached hydrogens (tertiary/aromatic N) is 1. The van der Waals surface area contributed by atoms with E-state index in [1.807, 2.05) is 7.05 Å². The average molecular weight is 303 g/mol. The fourth-order valence-corrected chi connectivity index (χ4v) is 2.57. The summed E-state index contributed by atoms with van der Waals surface area (Å²) in [6.45, 7) is 5.48. The molecule has 0 spiro atoms. The molecule has 0 aliphatic heterocycles. The van der Waals surface area contributed by atoms with Crippen molar-refractivity contribution in [1.29, 1.82) is 0 Å². The molecule has 22 heavy (non-hydrogen) atoms. The van der Waals surface area contributed by atoms with E-state index in [1.54, 1.807) is 0 Å². The minimum Gasteiger partial charge on any atom is -0.380 e. The van der Waals surface area contributed by atoms with Gasteiger partial charge in [-0.15, -0.1) is 0 Å². The van der Waals surface area contributed by atoms with Crippen LogP contribution >= 0.6 is 0 Å². The Morgan fingerprint density at radius 2 is 1.95 bits per heavy atom. The average Bonchev–Trinajstić information content (AvgIpc) is 3.35. The normalized spacial score (nSPS) is 16.4. The van der Waals surface area contributed by atoms with Gasteiger partial charge < -0.3 is 15.4 Å². The van der Waals surface area contributed by atoms with Gasteiger partial charge in [0.1, 0.15) is 0 Å². The van der Waals surface area contributed by atoms with Crippen LogP contribution in [0.15, 0.2) is 35.3 Å². The lowest BCUT2D eigenvalue weighted by atomic mass is 9.96. The van der Waals surface area contributed by atoms with Crippen molar-refractivity contribution >= 4 is 5.96 Å². The Bertz CT molecular complexity index is 455. The molecule has 1 aromatic rings. The van der Waals surface area contributed by atoms with Gasteiger partial charge in [0.05, 0.1) is 6.61 Å². The quantitative estimate of drug-likeness (QED) is 0.419. The van der Waals surface area contributed by atoms with Crippen molar-refractivity contribution in [2.75, 3.05) is 33.4 Å². The maximum atomic E-state index is 5.55. The van der Waals surface area contributed by atoms with Gasteiger partial charge >= 0.3 is 0 Å². The van der Waals surface area contributed by atoms with Crippen LogP contribution in [0.25, 0.3) is 0 Å². The fraction of sp³-hybridized carbons (Fsp3) is 0.611. The minimum absolute atomic E-state index is 0.302. The summed E-state index contributed by atoms with van der Waals surface area (Å²) >= 11 is 0. The van der Waals surface area contributed by atoms with Gasteiger partial charge in [-0.1, -0.05) is 43.7 Å². The van der Waals surface area contributed by atoms with Crippen LogP contribution in [0.1, 0.15) is 38.2 Å². The Kier molecular flexibility index (Phi) is 6.72. The highest BCUT2D eigenvalue weighted by Gasteiger charge is 2.43. The third kappa shape index (κ3) is 5.02. The molecular formula is C18H29N3O. The van der Waals surface area contributed by atoms with Crippen molar-refractivity contribution in [1.82, 2.24) is 10.6 Å². The van der Waals surface area contributed by atoms with Gasteiger partial charge in [0.15, 0.2) is 5.96 Å². The zero-order chi connectivity index (χ0) is 15.7. The van der Waals surface area contributed by atoms with E-state index in [0.29, 0.717) is 5.41 Å². The van der Waals surface area contributed by atoms with E-state index in [2.05, 4.69) is 52.9 Å². The van der Waals surface area contributed by atoms with Crippen LogP contribution in [-0.4, -0.2) is 39.3 Å².